The molecule has 0 bridgehead atoms. The van der Waals surface area contributed by atoms with Gasteiger partial charge in [-0.15, -0.1) is 0 Å². The van der Waals surface area contributed by atoms with Crippen LogP contribution in [0.5, 0.6) is 0 Å². The SMILES string of the molecule is Cc1cc(C(C)C)nc(-n2cc(C(=O)O)cn2)n1. The maximum absolute atomic E-state index is 10.8. The van der Waals surface area contributed by atoms with Crippen LogP contribution >= 0.6 is 0 Å². The quantitative estimate of drug-likeness (QED) is 0.892. The number of hydrogen-bond acceptors (Lipinski definition) is 4. The molecule has 94 valence electrons. The average Bonchev–Trinajstić information content (AvgIpc) is 2.77. The van der Waals surface area contributed by atoms with Crippen molar-refractivity contribution >= 4 is 5.97 Å². The highest BCUT2D eigenvalue weighted by molar-refractivity contribution is 5.86. The summed E-state index contributed by atoms with van der Waals surface area (Å²) in [5, 5.41) is 12.8. The van der Waals surface area contributed by atoms with Gasteiger partial charge in [0.2, 0.25) is 0 Å². The number of carboxylic acids is 1. The van der Waals surface area contributed by atoms with Gasteiger partial charge in [0.05, 0.1) is 11.8 Å². The molecule has 0 fully saturated rings. The first-order valence-electron chi connectivity index (χ1n) is 5.61. The molecule has 0 atom stereocenters. The summed E-state index contributed by atoms with van der Waals surface area (Å²) in [7, 11) is 0. The Morgan fingerprint density at radius 1 is 1.39 bits per heavy atom. The van der Waals surface area contributed by atoms with Crippen LogP contribution in [0.15, 0.2) is 18.5 Å². The van der Waals surface area contributed by atoms with E-state index in [4.69, 9.17) is 5.11 Å². The molecule has 2 rings (SSSR count). The maximum atomic E-state index is 10.8. The van der Waals surface area contributed by atoms with E-state index in [1.54, 1.807) is 0 Å². The second-order valence-corrected chi connectivity index (χ2v) is 4.37. The third kappa shape index (κ3) is 2.37. The molecule has 6 nitrogen and oxygen atoms in total. The van der Waals surface area contributed by atoms with Crippen molar-refractivity contribution in [1.29, 1.82) is 0 Å². The molecular weight excluding hydrogens is 232 g/mol. The van der Waals surface area contributed by atoms with Crippen LogP contribution in [-0.2, 0) is 0 Å². The molecule has 18 heavy (non-hydrogen) atoms. The lowest BCUT2D eigenvalue weighted by Crippen LogP contribution is -2.06. The van der Waals surface area contributed by atoms with Gasteiger partial charge in [-0.1, -0.05) is 13.8 Å². The minimum absolute atomic E-state index is 0.117. The van der Waals surface area contributed by atoms with Crippen LogP contribution in [0.3, 0.4) is 0 Å². The van der Waals surface area contributed by atoms with Gasteiger partial charge >= 0.3 is 5.97 Å². The Morgan fingerprint density at radius 2 is 2.11 bits per heavy atom. The Bertz CT molecular complexity index is 590. The summed E-state index contributed by atoms with van der Waals surface area (Å²) in [6.45, 7) is 5.95. The minimum atomic E-state index is -1.02. The summed E-state index contributed by atoms with van der Waals surface area (Å²) in [6, 6.07) is 1.91. The van der Waals surface area contributed by atoms with Gasteiger partial charge in [-0.25, -0.2) is 19.4 Å². The molecule has 0 aromatic carbocycles. The molecule has 0 spiro atoms. The molecule has 0 radical (unpaired) electrons. The normalized spacial score (nSPS) is 10.9. The fourth-order valence-corrected chi connectivity index (χ4v) is 1.52. The molecule has 1 N–H and O–H groups in total. The van der Waals surface area contributed by atoms with E-state index in [1.807, 2.05) is 26.8 Å². The van der Waals surface area contributed by atoms with E-state index in [0.717, 1.165) is 11.4 Å². The van der Waals surface area contributed by atoms with E-state index in [-0.39, 0.29) is 11.5 Å². The van der Waals surface area contributed by atoms with Gasteiger partial charge in [0.25, 0.3) is 5.95 Å². The summed E-state index contributed by atoms with van der Waals surface area (Å²) in [6.07, 6.45) is 2.68. The van der Waals surface area contributed by atoms with Crippen molar-refractivity contribution in [3.05, 3.63) is 35.4 Å². The second kappa shape index (κ2) is 4.56. The van der Waals surface area contributed by atoms with Crippen molar-refractivity contribution in [2.24, 2.45) is 0 Å². The van der Waals surface area contributed by atoms with Gasteiger partial charge in [-0.3, -0.25) is 0 Å². The molecule has 0 aliphatic rings. The van der Waals surface area contributed by atoms with Crippen molar-refractivity contribution in [2.45, 2.75) is 26.7 Å². The summed E-state index contributed by atoms with van der Waals surface area (Å²) in [4.78, 5) is 19.4. The Hall–Kier alpha value is -2.24. The molecule has 2 aromatic rings. The number of hydrogen-bond donors (Lipinski definition) is 1. The third-order valence-electron chi connectivity index (χ3n) is 2.49. The smallest absolute Gasteiger partial charge is 0.338 e. The van der Waals surface area contributed by atoms with Crippen molar-refractivity contribution < 1.29 is 9.90 Å². The van der Waals surface area contributed by atoms with Crippen molar-refractivity contribution in [3.63, 3.8) is 0 Å². The highest BCUT2D eigenvalue weighted by Gasteiger charge is 2.11. The van der Waals surface area contributed by atoms with E-state index < -0.39 is 5.97 Å². The van der Waals surface area contributed by atoms with Gasteiger partial charge in [-0.05, 0) is 18.9 Å². The van der Waals surface area contributed by atoms with Gasteiger partial charge in [-0.2, -0.15) is 5.10 Å². The average molecular weight is 246 g/mol. The maximum Gasteiger partial charge on any atom is 0.338 e. The number of nitrogens with zero attached hydrogens (tertiary/aromatic N) is 4. The summed E-state index contributed by atoms with van der Waals surface area (Å²) >= 11 is 0. The Kier molecular flexibility index (Phi) is 3.10. The van der Waals surface area contributed by atoms with Crippen LogP contribution < -0.4 is 0 Å². The highest BCUT2D eigenvalue weighted by atomic mass is 16.4. The van der Waals surface area contributed by atoms with E-state index >= 15 is 0 Å². The Balaban J connectivity index is 2.46. The first-order valence-corrected chi connectivity index (χ1v) is 5.61. The fourth-order valence-electron chi connectivity index (χ4n) is 1.52. The topological polar surface area (TPSA) is 80.9 Å². The number of rotatable bonds is 3. The van der Waals surface area contributed by atoms with Crippen LogP contribution in [0.25, 0.3) is 5.95 Å². The fraction of sp³-hybridized carbons (Fsp3) is 0.333. The number of aromatic nitrogens is 4. The third-order valence-corrected chi connectivity index (χ3v) is 2.49. The monoisotopic (exact) mass is 246 g/mol. The lowest BCUT2D eigenvalue weighted by atomic mass is 10.1. The molecular formula is C12H14N4O2. The summed E-state index contributed by atoms with van der Waals surface area (Å²) < 4.78 is 1.38. The second-order valence-electron chi connectivity index (χ2n) is 4.37. The zero-order valence-electron chi connectivity index (χ0n) is 10.5. The molecule has 0 unspecified atom stereocenters. The molecule has 0 saturated heterocycles. The number of aryl methyl sites for hydroxylation is 1. The molecule has 6 heteroatoms. The molecule has 0 aliphatic carbocycles. The molecule has 0 amide bonds. The van der Waals surface area contributed by atoms with Crippen LogP contribution in [-0.4, -0.2) is 30.8 Å². The largest absolute Gasteiger partial charge is 0.478 e. The van der Waals surface area contributed by atoms with Crippen molar-refractivity contribution in [2.75, 3.05) is 0 Å². The molecule has 2 heterocycles. The van der Waals surface area contributed by atoms with Crippen LogP contribution in [0.1, 0.15) is 41.5 Å². The summed E-state index contributed by atoms with van der Waals surface area (Å²) in [5.74, 6) is -0.343. The number of aromatic carboxylic acids is 1. The predicted octanol–water partition coefficient (Wildman–Crippen LogP) is 1.79. The highest BCUT2D eigenvalue weighted by Crippen LogP contribution is 2.14. The van der Waals surface area contributed by atoms with Crippen LogP contribution in [0.4, 0.5) is 0 Å². The van der Waals surface area contributed by atoms with E-state index in [2.05, 4.69) is 15.1 Å². The first-order chi connectivity index (χ1) is 8.47. The van der Waals surface area contributed by atoms with E-state index in [0.29, 0.717) is 5.95 Å². The van der Waals surface area contributed by atoms with Crippen molar-refractivity contribution in [3.8, 4) is 5.95 Å². The van der Waals surface area contributed by atoms with Gasteiger partial charge in [0, 0.05) is 17.6 Å². The first kappa shape index (κ1) is 12.2. The lowest BCUT2D eigenvalue weighted by molar-refractivity contribution is 0.0697. The standard InChI is InChI=1S/C12H14N4O2/c1-7(2)10-4-8(3)14-12(15-10)16-6-9(5-13-16)11(17)18/h4-7H,1-3H3,(H,17,18). The van der Waals surface area contributed by atoms with E-state index in [1.165, 1.54) is 17.1 Å². The molecule has 2 aromatic heterocycles. The van der Waals surface area contributed by atoms with Gasteiger partial charge < -0.3 is 5.11 Å². The van der Waals surface area contributed by atoms with Crippen molar-refractivity contribution in [1.82, 2.24) is 19.7 Å². The predicted molar refractivity (Wildman–Crippen MR) is 64.9 cm³/mol. The number of carbonyl (C=O) groups is 1. The molecule has 0 saturated carbocycles. The summed E-state index contributed by atoms with van der Waals surface area (Å²) in [5.41, 5.74) is 1.85. The zero-order valence-corrected chi connectivity index (χ0v) is 10.5. The van der Waals surface area contributed by atoms with Crippen LogP contribution in [0.2, 0.25) is 0 Å². The number of carboxylic acid groups (broad SMARTS) is 1. The minimum Gasteiger partial charge on any atom is -0.478 e. The van der Waals surface area contributed by atoms with Gasteiger partial charge in [0.15, 0.2) is 0 Å². The molecule has 0 aliphatic heterocycles. The Labute approximate surface area is 104 Å². The van der Waals surface area contributed by atoms with Gasteiger partial charge in [0.1, 0.15) is 0 Å². The zero-order chi connectivity index (χ0) is 13.3. The Morgan fingerprint density at radius 3 is 2.67 bits per heavy atom. The van der Waals surface area contributed by atoms with E-state index in [9.17, 15) is 4.79 Å². The lowest BCUT2D eigenvalue weighted by Gasteiger charge is -2.07. The van der Waals surface area contributed by atoms with Crippen LogP contribution in [0, 0.1) is 6.92 Å².